The van der Waals surface area contributed by atoms with E-state index < -0.39 is 11.9 Å². The molecule has 86 valence electrons. The highest BCUT2D eigenvalue weighted by atomic mass is 16.4. The Bertz CT molecular complexity index is 250. The van der Waals surface area contributed by atoms with E-state index in [0.29, 0.717) is 25.3 Å². The number of carbonyl (C=O) groups excluding carboxylic acids is 1. The van der Waals surface area contributed by atoms with E-state index in [0.717, 1.165) is 6.42 Å². The van der Waals surface area contributed by atoms with E-state index in [4.69, 9.17) is 5.11 Å². The van der Waals surface area contributed by atoms with Gasteiger partial charge in [0.2, 0.25) is 5.91 Å². The van der Waals surface area contributed by atoms with Crippen LogP contribution in [-0.2, 0) is 9.59 Å². The zero-order valence-corrected chi connectivity index (χ0v) is 9.32. The molecule has 1 saturated carbocycles. The Morgan fingerprint density at radius 2 is 1.93 bits per heavy atom. The van der Waals surface area contributed by atoms with Crippen LogP contribution in [0.4, 0.5) is 0 Å². The van der Waals surface area contributed by atoms with E-state index in [1.54, 1.807) is 0 Å². The molecule has 2 atom stereocenters. The zero-order chi connectivity index (χ0) is 11.4. The van der Waals surface area contributed by atoms with Gasteiger partial charge >= 0.3 is 5.97 Å². The van der Waals surface area contributed by atoms with E-state index in [1.807, 2.05) is 13.8 Å². The minimum absolute atomic E-state index is 0.0893. The third-order valence-corrected chi connectivity index (χ3v) is 2.85. The lowest BCUT2D eigenvalue weighted by atomic mass is 9.95. The molecule has 0 radical (unpaired) electrons. The van der Waals surface area contributed by atoms with Crippen LogP contribution in [0.25, 0.3) is 0 Å². The molecule has 4 heteroatoms. The summed E-state index contributed by atoms with van der Waals surface area (Å²) in [5.41, 5.74) is 0. The summed E-state index contributed by atoms with van der Waals surface area (Å²) >= 11 is 0. The number of carbonyl (C=O) groups is 2. The van der Waals surface area contributed by atoms with Crippen LogP contribution in [0.1, 0.15) is 33.1 Å². The summed E-state index contributed by atoms with van der Waals surface area (Å²) in [5.74, 6) is -1.32. The zero-order valence-electron chi connectivity index (χ0n) is 9.32. The van der Waals surface area contributed by atoms with Crippen molar-refractivity contribution in [3.63, 3.8) is 0 Å². The lowest BCUT2D eigenvalue weighted by molar-refractivity contribution is -0.146. The van der Waals surface area contributed by atoms with Crippen LogP contribution in [-0.4, -0.2) is 23.5 Å². The second kappa shape index (κ2) is 5.14. The number of amides is 1. The molecule has 1 aliphatic carbocycles. The number of aliphatic carboxylic acids is 1. The molecular weight excluding hydrogens is 194 g/mol. The minimum Gasteiger partial charge on any atom is -0.481 e. The minimum atomic E-state index is -0.836. The highest BCUT2D eigenvalue weighted by Gasteiger charge is 2.37. The van der Waals surface area contributed by atoms with Crippen LogP contribution >= 0.6 is 0 Å². The highest BCUT2D eigenvalue weighted by molar-refractivity contribution is 5.85. The van der Waals surface area contributed by atoms with Crippen LogP contribution in [0.5, 0.6) is 0 Å². The topological polar surface area (TPSA) is 66.4 Å². The molecule has 15 heavy (non-hydrogen) atoms. The third kappa shape index (κ3) is 3.22. The highest BCUT2D eigenvalue weighted by Crippen LogP contribution is 2.31. The summed E-state index contributed by atoms with van der Waals surface area (Å²) in [5, 5.41) is 11.7. The molecule has 0 spiro atoms. The van der Waals surface area contributed by atoms with Crippen LogP contribution in [0.3, 0.4) is 0 Å². The molecule has 0 aliphatic heterocycles. The Balaban J connectivity index is 2.47. The first-order valence-electron chi connectivity index (χ1n) is 5.53. The van der Waals surface area contributed by atoms with Gasteiger partial charge < -0.3 is 10.4 Å². The Hall–Kier alpha value is -1.06. The summed E-state index contributed by atoms with van der Waals surface area (Å²) < 4.78 is 0. The molecule has 1 amide bonds. The molecule has 1 fully saturated rings. The van der Waals surface area contributed by atoms with Crippen LogP contribution in [0, 0.1) is 17.8 Å². The molecule has 1 aliphatic rings. The van der Waals surface area contributed by atoms with E-state index in [1.165, 1.54) is 0 Å². The van der Waals surface area contributed by atoms with Crippen LogP contribution in [0.2, 0.25) is 0 Å². The van der Waals surface area contributed by atoms with Gasteiger partial charge in [-0.2, -0.15) is 0 Å². The van der Waals surface area contributed by atoms with E-state index in [9.17, 15) is 9.59 Å². The normalized spacial score (nSPS) is 25.5. The molecule has 2 N–H and O–H groups in total. The average molecular weight is 213 g/mol. The van der Waals surface area contributed by atoms with Crippen molar-refractivity contribution in [1.29, 1.82) is 0 Å². The van der Waals surface area contributed by atoms with Gasteiger partial charge in [-0.15, -0.1) is 0 Å². The first kappa shape index (κ1) is 12.0. The van der Waals surface area contributed by atoms with Crippen molar-refractivity contribution in [1.82, 2.24) is 5.32 Å². The summed E-state index contributed by atoms with van der Waals surface area (Å²) in [7, 11) is 0. The maximum atomic E-state index is 11.7. The summed E-state index contributed by atoms with van der Waals surface area (Å²) in [4.78, 5) is 22.6. The number of hydrogen-bond donors (Lipinski definition) is 2. The maximum Gasteiger partial charge on any atom is 0.307 e. The van der Waals surface area contributed by atoms with E-state index in [2.05, 4.69) is 5.32 Å². The predicted molar refractivity (Wildman–Crippen MR) is 56.3 cm³/mol. The fraction of sp³-hybridized carbons (Fsp3) is 0.818. The van der Waals surface area contributed by atoms with Gasteiger partial charge in [-0.1, -0.05) is 20.3 Å². The fourth-order valence-corrected chi connectivity index (χ4v) is 2.01. The van der Waals surface area contributed by atoms with Gasteiger partial charge in [0, 0.05) is 6.54 Å². The summed E-state index contributed by atoms with van der Waals surface area (Å²) in [6.07, 6.45) is 2.19. The number of carboxylic acids is 1. The Labute approximate surface area is 90.0 Å². The van der Waals surface area contributed by atoms with Gasteiger partial charge in [0.1, 0.15) is 0 Å². The van der Waals surface area contributed by atoms with E-state index in [-0.39, 0.29) is 11.8 Å². The molecule has 0 aromatic carbocycles. The van der Waals surface area contributed by atoms with Crippen LogP contribution < -0.4 is 5.32 Å². The lowest BCUT2D eigenvalue weighted by Gasteiger charge is -2.16. The molecule has 0 saturated heterocycles. The smallest absolute Gasteiger partial charge is 0.307 e. The van der Waals surface area contributed by atoms with Gasteiger partial charge in [0.15, 0.2) is 0 Å². The third-order valence-electron chi connectivity index (χ3n) is 2.85. The van der Waals surface area contributed by atoms with Crippen molar-refractivity contribution in [2.75, 3.05) is 6.54 Å². The second-order valence-corrected chi connectivity index (χ2v) is 4.62. The summed E-state index contributed by atoms with van der Waals surface area (Å²) in [6.45, 7) is 4.66. The van der Waals surface area contributed by atoms with Crippen molar-refractivity contribution < 1.29 is 14.7 Å². The van der Waals surface area contributed by atoms with Gasteiger partial charge in [0.25, 0.3) is 0 Å². The molecule has 0 heterocycles. The van der Waals surface area contributed by atoms with Crippen molar-refractivity contribution in [2.45, 2.75) is 33.1 Å². The average Bonchev–Trinajstić information content (AvgIpc) is 2.62. The van der Waals surface area contributed by atoms with Gasteiger partial charge in [-0.05, 0) is 18.8 Å². The Kier molecular flexibility index (Phi) is 4.12. The van der Waals surface area contributed by atoms with Crippen molar-refractivity contribution in [3.8, 4) is 0 Å². The SMILES string of the molecule is CC(C)CNC(=O)C1CCCC1C(=O)O. The van der Waals surface area contributed by atoms with Gasteiger partial charge in [-0.25, -0.2) is 0 Å². The predicted octanol–water partition coefficient (Wildman–Crippen LogP) is 1.26. The number of rotatable bonds is 4. The van der Waals surface area contributed by atoms with E-state index >= 15 is 0 Å². The molecule has 0 aromatic heterocycles. The number of nitrogens with one attached hydrogen (secondary N) is 1. The molecule has 2 unspecified atom stereocenters. The second-order valence-electron chi connectivity index (χ2n) is 4.62. The Morgan fingerprint density at radius 3 is 2.47 bits per heavy atom. The maximum absolute atomic E-state index is 11.7. The Morgan fingerprint density at radius 1 is 1.33 bits per heavy atom. The summed E-state index contributed by atoms with van der Waals surface area (Å²) in [6, 6.07) is 0. The van der Waals surface area contributed by atoms with Crippen molar-refractivity contribution in [2.24, 2.45) is 17.8 Å². The number of carboxylic acid groups (broad SMARTS) is 1. The van der Waals surface area contributed by atoms with Gasteiger partial charge in [0.05, 0.1) is 11.8 Å². The molecule has 4 nitrogen and oxygen atoms in total. The lowest BCUT2D eigenvalue weighted by Crippen LogP contribution is -2.36. The van der Waals surface area contributed by atoms with Crippen molar-refractivity contribution >= 4 is 11.9 Å². The first-order valence-corrected chi connectivity index (χ1v) is 5.53. The molecule has 0 bridgehead atoms. The monoisotopic (exact) mass is 213 g/mol. The largest absolute Gasteiger partial charge is 0.481 e. The quantitative estimate of drug-likeness (QED) is 0.738. The van der Waals surface area contributed by atoms with Crippen molar-refractivity contribution in [3.05, 3.63) is 0 Å². The molecular formula is C11H19NO3. The first-order chi connectivity index (χ1) is 7.02. The fourth-order valence-electron chi connectivity index (χ4n) is 2.01. The van der Waals surface area contributed by atoms with Crippen LogP contribution in [0.15, 0.2) is 0 Å². The van der Waals surface area contributed by atoms with Gasteiger partial charge in [-0.3, -0.25) is 9.59 Å². The molecule has 0 aromatic rings. The molecule has 1 rings (SSSR count). The number of hydrogen-bond acceptors (Lipinski definition) is 2. The standard InChI is InChI=1S/C11H19NO3/c1-7(2)6-12-10(13)8-4-3-5-9(8)11(14)15/h7-9H,3-6H2,1-2H3,(H,12,13)(H,14,15).